The number of nitrogens with zero attached hydrogens (tertiary/aromatic N) is 4. The van der Waals surface area contributed by atoms with E-state index >= 15 is 0 Å². The van der Waals surface area contributed by atoms with Gasteiger partial charge in [-0.15, -0.1) is 0 Å². The van der Waals surface area contributed by atoms with Gasteiger partial charge in [0.25, 0.3) is 0 Å². The zero-order valence-corrected chi connectivity index (χ0v) is 12.9. The average molecular weight is 314 g/mol. The van der Waals surface area contributed by atoms with E-state index in [2.05, 4.69) is 25.7 Å². The van der Waals surface area contributed by atoms with Crippen LogP contribution in [0.5, 0.6) is 5.75 Å². The summed E-state index contributed by atoms with van der Waals surface area (Å²) in [5.41, 5.74) is 1.55. The molecule has 8 nitrogen and oxygen atoms in total. The van der Waals surface area contributed by atoms with E-state index in [1.165, 1.54) is 0 Å². The van der Waals surface area contributed by atoms with Crippen molar-refractivity contribution in [3.05, 3.63) is 30.5 Å². The van der Waals surface area contributed by atoms with Crippen LogP contribution in [0, 0.1) is 0 Å². The molecular formula is C15H18N6O2. The van der Waals surface area contributed by atoms with E-state index in [0.29, 0.717) is 24.0 Å². The molecule has 0 atom stereocenters. The van der Waals surface area contributed by atoms with Crippen LogP contribution in [0.15, 0.2) is 30.5 Å². The van der Waals surface area contributed by atoms with Crippen LogP contribution in [0.3, 0.4) is 0 Å². The number of benzene rings is 1. The summed E-state index contributed by atoms with van der Waals surface area (Å²) in [7, 11) is 3.44. The number of methoxy groups -OCH3 is 1. The van der Waals surface area contributed by atoms with Gasteiger partial charge in [0, 0.05) is 25.3 Å². The van der Waals surface area contributed by atoms with E-state index in [-0.39, 0.29) is 6.61 Å². The number of aliphatic hydroxyl groups excluding tert-OH is 1. The fourth-order valence-corrected chi connectivity index (χ4v) is 2.20. The van der Waals surface area contributed by atoms with Gasteiger partial charge < -0.3 is 20.5 Å². The molecule has 0 aliphatic carbocycles. The van der Waals surface area contributed by atoms with Gasteiger partial charge in [-0.1, -0.05) is 6.07 Å². The maximum absolute atomic E-state index is 8.95. The van der Waals surface area contributed by atoms with Crippen LogP contribution >= 0.6 is 0 Å². The summed E-state index contributed by atoms with van der Waals surface area (Å²) in [6, 6.07) is 7.57. The van der Waals surface area contributed by atoms with E-state index < -0.39 is 0 Å². The van der Waals surface area contributed by atoms with Crippen molar-refractivity contribution in [3.63, 3.8) is 0 Å². The molecular weight excluding hydrogens is 296 g/mol. The number of anilines is 3. The van der Waals surface area contributed by atoms with Gasteiger partial charge in [-0.25, -0.2) is 0 Å². The highest BCUT2D eigenvalue weighted by Gasteiger charge is 2.12. The summed E-state index contributed by atoms with van der Waals surface area (Å²) < 4.78 is 6.91. The summed E-state index contributed by atoms with van der Waals surface area (Å²) in [6.45, 7) is 0.382. The number of fused-ring (bicyclic) bond motifs is 1. The smallest absolute Gasteiger partial charge is 0.226 e. The highest BCUT2D eigenvalue weighted by Crippen LogP contribution is 2.26. The van der Waals surface area contributed by atoms with Gasteiger partial charge >= 0.3 is 0 Å². The number of aliphatic hydroxyl groups is 1. The Balaban J connectivity index is 2.00. The lowest BCUT2D eigenvalue weighted by molar-refractivity contribution is 0.311. The highest BCUT2D eigenvalue weighted by atomic mass is 16.5. The lowest BCUT2D eigenvalue weighted by Gasteiger charge is -2.10. The van der Waals surface area contributed by atoms with Gasteiger partial charge in [-0.3, -0.25) is 4.68 Å². The van der Waals surface area contributed by atoms with E-state index in [9.17, 15) is 0 Å². The van der Waals surface area contributed by atoms with Crippen molar-refractivity contribution in [1.82, 2.24) is 19.7 Å². The zero-order chi connectivity index (χ0) is 16.2. The van der Waals surface area contributed by atoms with E-state index in [4.69, 9.17) is 9.84 Å². The first-order chi connectivity index (χ1) is 11.2. The third-order valence-electron chi connectivity index (χ3n) is 3.32. The van der Waals surface area contributed by atoms with Crippen molar-refractivity contribution < 1.29 is 9.84 Å². The molecule has 0 amide bonds. The molecule has 3 rings (SSSR count). The molecule has 0 saturated heterocycles. The maximum atomic E-state index is 8.95. The lowest BCUT2D eigenvalue weighted by Crippen LogP contribution is -2.10. The third-order valence-corrected chi connectivity index (χ3v) is 3.32. The highest BCUT2D eigenvalue weighted by molar-refractivity contribution is 5.89. The number of hydrogen-bond acceptors (Lipinski definition) is 7. The Kier molecular flexibility index (Phi) is 4.24. The van der Waals surface area contributed by atoms with Crippen molar-refractivity contribution >= 4 is 28.5 Å². The first kappa shape index (κ1) is 15.0. The summed E-state index contributed by atoms with van der Waals surface area (Å²) >= 11 is 0. The molecule has 0 aliphatic rings. The standard InChI is InChI=1S/C15H18N6O2/c1-21-14-12(9-17-21)13(19-15(20-14)16-6-7-22)18-10-4-3-5-11(8-10)23-2/h3-5,8-9,22H,6-7H2,1-2H3,(H2,16,18,19,20). The van der Waals surface area contributed by atoms with E-state index in [1.54, 1.807) is 18.0 Å². The second kappa shape index (κ2) is 6.49. The maximum Gasteiger partial charge on any atom is 0.226 e. The number of hydrogen-bond donors (Lipinski definition) is 3. The Morgan fingerprint density at radius 1 is 1.30 bits per heavy atom. The summed E-state index contributed by atoms with van der Waals surface area (Å²) in [4.78, 5) is 8.87. The monoisotopic (exact) mass is 314 g/mol. The van der Waals surface area contributed by atoms with Crippen molar-refractivity contribution in [2.75, 3.05) is 30.9 Å². The van der Waals surface area contributed by atoms with Gasteiger partial charge in [0.2, 0.25) is 5.95 Å². The van der Waals surface area contributed by atoms with Crippen LogP contribution in [0.1, 0.15) is 0 Å². The van der Waals surface area contributed by atoms with Crippen molar-refractivity contribution in [3.8, 4) is 5.75 Å². The molecule has 0 unspecified atom stereocenters. The second-order valence-electron chi connectivity index (χ2n) is 4.91. The topological polar surface area (TPSA) is 97.1 Å². The Bertz CT molecular complexity index is 817. The molecule has 0 bridgehead atoms. The molecule has 2 heterocycles. The average Bonchev–Trinajstić information content (AvgIpc) is 2.95. The molecule has 1 aromatic carbocycles. The quantitative estimate of drug-likeness (QED) is 0.634. The van der Waals surface area contributed by atoms with Crippen LogP contribution in [0.25, 0.3) is 11.0 Å². The molecule has 3 N–H and O–H groups in total. The molecule has 23 heavy (non-hydrogen) atoms. The predicted octanol–water partition coefficient (Wildman–Crippen LogP) is 1.52. The minimum absolute atomic E-state index is 0.00539. The molecule has 3 aromatic rings. The van der Waals surface area contributed by atoms with Gasteiger partial charge in [-0.2, -0.15) is 15.1 Å². The molecule has 0 saturated carbocycles. The first-order valence-corrected chi connectivity index (χ1v) is 7.17. The molecule has 2 aromatic heterocycles. The minimum Gasteiger partial charge on any atom is -0.497 e. The van der Waals surface area contributed by atoms with Crippen molar-refractivity contribution in [1.29, 1.82) is 0 Å². The normalized spacial score (nSPS) is 10.7. The van der Waals surface area contributed by atoms with Crippen molar-refractivity contribution in [2.24, 2.45) is 7.05 Å². The lowest BCUT2D eigenvalue weighted by atomic mass is 10.3. The summed E-state index contributed by atoms with van der Waals surface area (Å²) in [5, 5.41) is 20.2. The van der Waals surface area contributed by atoms with Crippen LogP contribution in [-0.2, 0) is 7.05 Å². The Labute approximate surface area is 133 Å². The number of rotatable bonds is 6. The van der Waals surface area contributed by atoms with E-state index in [1.807, 2.05) is 31.3 Å². The first-order valence-electron chi connectivity index (χ1n) is 7.17. The van der Waals surface area contributed by atoms with Crippen LogP contribution in [0.2, 0.25) is 0 Å². The van der Waals surface area contributed by atoms with Crippen LogP contribution in [-0.4, -0.2) is 45.1 Å². The predicted molar refractivity (Wildman–Crippen MR) is 88.2 cm³/mol. The largest absolute Gasteiger partial charge is 0.497 e. The molecule has 0 spiro atoms. The van der Waals surface area contributed by atoms with Crippen molar-refractivity contribution in [2.45, 2.75) is 0 Å². The number of ether oxygens (including phenoxy) is 1. The molecule has 0 fully saturated rings. The minimum atomic E-state index is 0.00539. The molecule has 0 radical (unpaired) electrons. The summed E-state index contributed by atoms with van der Waals surface area (Å²) in [6.07, 6.45) is 1.72. The van der Waals surface area contributed by atoms with Crippen LogP contribution < -0.4 is 15.4 Å². The SMILES string of the molecule is COc1cccc(Nc2nc(NCCO)nc3c2cnn3C)c1. The Morgan fingerprint density at radius 3 is 2.96 bits per heavy atom. The number of aromatic nitrogens is 4. The fourth-order valence-electron chi connectivity index (χ4n) is 2.20. The van der Waals surface area contributed by atoms with Gasteiger partial charge in [0.15, 0.2) is 5.65 Å². The molecule has 120 valence electrons. The Hall–Kier alpha value is -2.87. The number of nitrogens with one attached hydrogen (secondary N) is 2. The van der Waals surface area contributed by atoms with E-state index in [0.717, 1.165) is 16.8 Å². The van der Waals surface area contributed by atoms with Gasteiger partial charge in [0.1, 0.15) is 11.6 Å². The zero-order valence-electron chi connectivity index (χ0n) is 12.9. The number of aryl methyl sites for hydroxylation is 1. The fraction of sp³-hybridized carbons (Fsp3) is 0.267. The third kappa shape index (κ3) is 3.16. The van der Waals surface area contributed by atoms with Gasteiger partial charge in [0.05, 0.1) is 25.3 Å². The second-order valence-corrected chi connectivity index (χ2v) is 4.91. The summed E-state index contributed by atoms with van der Waals surface area (Å²) in [5.74, 6) is 1.82. The molecule has 0 aliphatic heterocycles. The molecule has 8 heteroatoms. The van der Waals surface area contributed by atoms with Crippen LogP contribution in [0.4, 0.5) is 17.5 Å². The van der Waals surface area contributed by atoms with Gasteiger partial charge in [-0.05, 0) is 12.1 Å². The Morgan fingerprint density at radius 2 is 2.17 bits per heavy atom.